The molecular weight excluding hydrogens is 403 g/mol. The number of alkyl halides is 3. The van der Waals surface area contributed by atoms with Crippen LogP contribution in [0.1, 0.15) is 23.0 Å². The van der Waals surface area contributed by atoms with Gasteiger partial charge in [-0.3, -0.25) is 0 Å². The van der Waals surface area contributed by atoms with Gasteiger partial charge in [0.25, 0.3) is 5.88 Å². The third-order valence-corrected chi connectivity index (χ3v) is 3.83. The molecule has 0 atom stereocenters. The largest absolute Gasteiger partial charge is 0.478 e. The Balaban J connectivity index is 1.98. The maximum atomic E-state index is 12.5. The van der Waals surface area contributed by atoms with Gasteiger partial charge < -0.3 is 19.0 Å². The molecule has 0 aromatic carbocycles. The first-order valence-electron chi connectivity index (χ1n) is 7.94. The number of carbonyl (C=O) groups is 1. The molecule has 11 heteroatoms. The van der Waals surface area contributed by atoms with Crippen molar-refractivity contribution in [3.63, 3.8) is 0 Å². The number of halogens is 4. The number of carboxylic acids is 1. The summed E-state index contributed by atoms with van der Waals surface area (Å²) >= 11 is 5.79. The maximum Gasteiger partial charge on any atom is 0.422 e. The Morgan fingerprint density at radius 2 is 2.04 bits per heavy atom. The number of carboxylic acid groups (broad SMARTS) is 1. The minimum Gasteiger partial charge on any atom is -0.478 e. The quantitative estimate of drug-likeness (QED) is 0.643. The monoisotopic (exact) mass is 415 g/mol. The number of ether oxygens (including phenoxy) is 2. The number of fused-ring (bicyclic) bond motifs is 1. The van der Waals surface area contributed by atoms with Crippen molar-refractivity contribution >= 4 is 23.2 Å². The molecule has 0 unspecified atom stereocenters. The lowest BCUT2D eigenvalue weighted by Gasteiger charge is -2.15. The van der Waals surface area contributed by atoms with Crippen LogP contribution in [0.25, 0.3) is 5.65 Å². The lowest BCUT2D eigenvalue weighted by molar-refractivity contribution is -0.153. The fourth-order valence-corrected chi connectivity index (χ4v) is 2.53. The van der Waals surface area contributed by atoms with Crippen LogP contribution in [0.5, 0.6) is 17.4 Å². The minimum atomic E-state index is -4.54. The molecule has 3 aromatic heterocycles. The van der Waals surface area contributed by atoms with Crippen molar-refractivity contribution in [2.45, 2.75) is 19.5 Å². The molecule has 0 aliphatic heterocycles. The number of hydrogen-bond donors (Lipinski definition) is 1. The van der Waals surface area contributed by atoms with Gasteiger partial charge in [0.1, 0.15) is 11.4 Å². The highest BCUT2D eigenvalue weighted by molar-refractivity contribution is 6.30. The van der Waals surface area contributed by atoms with Crippen LogP contribution >= 0.6 is 11.6 Å². The van der Waals surface area contributed by atoms with E-state index in [0.717, 1.165) is 0 Å². The van der Waals surface area contributed by atoms with Crippen LogP contribution < -0.4 is 9.47 Å². The topological polar surface area (TPSA) is 86.0 Å². The highest BCUT2D eigenvalue weighted by Crippen LogP contribution is 2.34. The van der Waals surface area contributed by atoms with Gasteiger partial charge in [0.05, 0.1) is 11.2 Å². The van der Waals surface area contributed by atoms with Gasteiger partial charge in [-0.2, -0.15) is 13.2 Å². The van der Waals surface area contributed by atoms with Gasteiger partial charge in [-0.1, -0.05) is 18.5 Å². The Bertz CT molecular complexity index is 1040. The number of aromatic carboxylic acids is 1. The molecule has 0 saturated carbocycles. The molecule has 3 rings (SSSR count). The molecule has 0 saturated heterocycles. The van der Waals surface area contributed by atoms with E-state index < -0.39 is 18.8 Å². The van der Waals surface area contributed by atoms with Crippen LogP contribution in [0.3, 0.4) is 0 Å². The highest BCUT2D eigenvalue weighted by Gasteiger charge is 2.29. The van der Waals surface area contributed by atoms with Crippen molar-refractivity contribution < 1.29 is 32.5 Å². The highest BCUT2D eigenvalue weighted by atomic mass is 35.5. The first kappa shape index (κ1) is 19.7. The summed E-state index contributed by atoms with van der Waals surface area (Å²) < 4.78 is 49.3. The molecule has 28 heavy (non-hydrogen) atoms. The average molecular weight is 416 g/mol. The zero-order valence-corrected chi connectivity index (χ0v) is 15.1. The van der Waals surface area contributed by atoms with E-state index in [4.69, 9.17) is 26.2 Å². The number of imidazole rings is 1. The summed E-state index contributed by atoms with van der Waals surface area (Å²) in [4.78, 5) is 19.0. The Hall–Kier alpha value is -3.01. The SMILES string of the molecule is CCc1cc2nc(C(=O)O)cn2cc1Oc1ncc(Cl)cc1OCC(F)(F)F. The molecular formula is C17H13ClF3N3O4. The molecule has 3 heterocycles. The number of nitrogens with zero attached hydrogens (tertiary/aromatic N) is 3. The fourth-order valence-electron chi connectivity index (χ4n) is 2.38. The van der Waals surface area contributed by atoms with E-state index in [2.05, 4.69) is 9.97 Å². The molecule has 148 valence electrons. The fraction of sp³-hybridized carbons (Fsp3) is 0.235. The van der Waals surface area contributed by atoms with Crippen LogP contribution in [-0.4, -0.2) is 38.2 Å². The lowest BCUT2D eigenvalue weighted by atomic mass is 10.2. The number of hydrogen-bond acceptors (Lipinski definition) is 5. The molecule has 0 spiro atoms. The number of aryl methyl sites for hydroxylation is 1. The van der Waals surface area contributed by atoms with E-state index in [1.807, 2.05) is 6.92 Å². The third-order valence-electron chi connectivity index (χ3n) is 3.62. The summed E-state index contributed by atoms with van der Waals surface area (Å²) in [5.41, 5.74) is 0.880. The Kier molecular flexibility index (Phi) is 5.32. The maximum absolute atomic E-state index is 12.5. The molecule has 0 amide bonds. The first-order chi connectivity index (χ1) is 13.2. The number of aromatic nitrogens is 3. The smallest absolute Gasteiger partial charge is 0.422 e. The van der Waals surface area contributed by atoms with Gasteiger partial charge in [-0.05, 0) is 18.1 Å². The van der Waals surface area contributed by atoms with Crippen molar-refractivity contribution in [2.75, 3.05) is 6.61 Å². The van der Waals surface area contributed by atoms with E-state index in [1.54, 1.807) is 6.07 Å². The van der Waals surface area contributed by atoms with Crippen molar-refractivity contribution in [3.05, 3.63) is 47.0 Å². The molecule has 3 aromatic rings. The van der Waals surface area contributed by atoms with Gasteiger partial charge in [0, 0.05) is 18.5 Å². The molecule has 0 bridgehead atoms. The summed E-state index contributed by atoms with van der Waals surface area (Å²) in [6.45, 7) is 0.296. The van der Waals surface area contributed by atoms with E-state index >= 15 is 0 Å². The normalized spacial score (nSPS) is 11.6. The molecule has 0 fully saturated rings. The Morgan fingerprint density at radius 1 is 1.29 bits per heavy atom. The van der Waals surface area contributed by atoms with Crippen molar-refractivity contribution in [1.29, 1.82) is 0 Å². The molecule has 7 nitrogen and oxygen atoms in total. The predicted molar refractivity (Wildman–Crippen MR) is 92.4 cm³/mol. The van der Waals surface area contributed by atoms with Gasteiger partial charge >= 0.3 is 12.1 Å². The summed E-state index contributed by atoms with van der Waals surface area (Å²) in [6.07, 6.45) is -0.0798. The summed E-state index contributed by atoms with van der Waals surface area (Å²) in [5.74, 6) is -1.41. The minimum absolute atomic E-state index is 0.0800. The van der Waals surface area contributed by atoms with E-state index in [0.29, 0.717) is 17.6 Å². The summed E-state index contributed by atoms with van der Waals surface area (Å²) in [5, 5.41) is 9.15. The summed E-state index contributed by atoms with van der Waals surface area (Å²) in [7, 11) is 0. The number of rotatable bonds is 6. The van der Waals surface area contributed by atoms with Crippen molar-refractivity contribution in [1.82, 2.24) is 14.4 Å². The first-order valence-corrected chi connectivity index (χ1v) is 8.32. The second-order valence-corrected chi connectivity index (χ2v) is 6.11. The Labute approximate surface area is 161 Å². The predicted octanol–water partition coefficient (Wildman–Crippen LogP) is 4.38. The summed E-state index contributed by atoms with van der Waals surface area (Å²) in [6, 6.07) is 2.79. The van der Waals surface area contributed by atoms with Gasteiger partial charge in [-0.25, -0.2) is 14.8 Å². The molecule has 0 radical (unpaired) electrons. The number of pyridine rings is 2. The van der Waals surface area contributed by atoms with E-state index in [1.165, 1.54) is 29.1 Å². The second kappa shape index (κ2) is 7.55. The second-order valence-electron chi connectivity index (χ2n) is 5.68. The van der Waals surface area contributed by atoms with Crippen LogP contribution in [0, 0.1) is 0 Å². The van der Waals surface area contributed by atoms with E-state index in [-0.39, 0.29) is 28.1 Å². The molecule has 0 aliphatic rings. The van der Waals surface area contributed by atoms with Crippen molar-refractivity contribution in [2.24, 2.45) is 0 Å². The molecule has 1 N–H and O–H groups in total. The van der Waals surface area contributed by atoms with Gasteiger partial charge in [0.2, 0.25) is 0 Å². The third kappa shape index (κ3) is 4.45. The van der Waals surface area contributed by atoms with Crippen LogP contribution in [0.4, 0.5) is 13.2 Å². The zero-order chi connectivity index (χ0) is 20.5. The standard InChI is InChI=1S/C17H13ClF3N3O4/c1-2-9-3-14-23-11(16(25)26)6-24(14)7-13(9)28-15-12(4-10(18)5-22-15)27-8-17(19,20)21/h3-7H,2,8H2,1H3,(H,25,26). The van der Waals surface area contributed by atoms with Crippen LogP contribution in [0.15, 0.2) is 30.7 Å². The lowest BCUT2D eigenvalue weighted by Crippen LogP contribution is -2.19. The van der Waals surface area contributed by atoms with Gasteiger partial charge in [-0.15, -0.1) is 0 Å². The van der Waals surface area contributed by atoms with E-state index in [9.17, 15) is 18.0 Å². The van der Waals surface area contributed by atoms with Crippen molar-refractivity contribution in [3.8, 4) is 17.4 Å². The average Bonchev–Trinajstić information content (AvgIpc) is 3.03. The Morgan fingerprint density at radius 3 is 2.68 bits per heavy atom. The van der Waals surface area contributed by atoms with Gasteiger partial charge in [0.15, 0.2) is 18.1 Å². The van der Waals surface area contributed by atoms with Crippen LogP contribution in [-0.2, 0) is 6.42 Å². The van der Waals surface area contributed by atoms with Crippen LogP contribution in [0.2, 0.25) is 5.02 Å². The zero-order valence-electron chi connectivity index (χ0n) is 14.3. The molecule has 0 aliphatic carbocycles.